The standard InChI is InChI=1S/C11H18N2S/c1-3-8-14-9-6-12-10-11-5-4-7-13(11)2/h3-5,7,12H,1,6,8-10H2,2H3. The third-order valence-corrected chi connectivity index (χ3v) is 2.98. The SMILES string of the molecule is C=CCSCCNCc1cccn1C. The van der Waals surface area contributed by atoms with Crippen molar-refractivity contribution in [2.45, 2.75) is 6.54 Å². The summed E-state index contributed by atoms with van der Waals surface area (Å²) in [6.45, 7) is 5.70. The Hall–Kier alpha value is -0.670. The van der Waals surface area contributed by atoms with Crippen LogP contribution < -0.4 is 5.32 Å². The first-order valence-electron chi connectivity index (χ1n) is 4.84. The van der Waals surface area contributed by atoms with E-state index in [1.165, 1.54) is 5.69 Å². The molecule has 0 saturated carbocycles. The maximum atomic E-state index is 3.69. The first kappa shape index (κ1) is 11.4. The highest BCUT2D eigenvalue weighted by molar-refractivity contribution is 7.99. The van der Waals surface area contributed by atoms with Gasteiger partial charge in [-0.25, -0.2) is 0 Å². The second kappa shape index (κ2) is 6.74. The van der Waals surface area contributed by atoms with Crippen molar-refractivity contribution in [3.05, 3.63) is 36.7 Å². The molecule has 1 aromatic heterocycles. The van der Waals surface area contributed by atoms with Gasteiger partial charge in [-0.15, -0.1) is 6.58 Å². The monoisotopic (exact) mass is 210 g/mol. The van der Waals surface area contributed by atoms with Gasteiger partial charge < -0.3 is 9.88 Å². The van der Waals surface area contributed by atoms with Crippen molar-refractivity contribution in [2.75, 3.05) is 18.1 Å². The first-order valence-corrected chi connectivity index (χ1v) is 5.99. The summed E-state index contributed by atoms with van der Waals surface area (Å²) >= 11 is 1.91. The molecule has 3 heteroatoms. The Balaban J connectivity index is 2.04. The third kappa shape index (κ3) is 4.03. The van der Waals surface area contributed by atoms with Crippen LogP contribution in [0.5, 0.6) is 0 Å². The van der Waals surface area contributed by atoms with Gasteiger partial charge in [0, 0.05) is 43.5 Å². The van der Waals surface area contributed by atoms with Crippen LogP contribution in [0.2, 0.25) is 0 Å². The minimum atomic E-state index is 0.956. The molecule has 14 heavy (non-hydrogen) atoms. The zero-order valence-electron chi connectivity index (χ0n) is 8.70. The molecule has 0 aliphatic heterocycles. The Labute approximate surface area is 90.4 Å². The van der Waals surface area contributed by atoms with Gasteiger partial charge in [0.1, 0.15) is 0 Å². The smallest absolute Gasteiger partial charge is 0.0359 e. The van der Waals surface area contributed by atoms with Crippen LogP contribution in [-0.2, 0) is 13.6 Å². The fourth-order valence-corrected chi connectivity index (χ4v) is 1.83. The van der Waals surface area contributed by atoms with Crippen LogP contribution in [0, 0.1) is 0 Å². The number of hydrogen-bond acceptors (Lipinski definition) is 2. The highest BCUT2D eigenvalue weighted by Crippen LogP contribution is 2.00. The highest BCUT2D eigenvalue weighted by Gasteiger charge is 1.95. The number of hydrogen-bond donors (Lipinski definition) is 1. The molecule has 1 N–H and O–H groups in total. The van der Waals surface area contributed by atoms with E-state index in [-0.39, 0.29) is 0 Å². The molecule has 0 radical (unpaired) electrons. The number of thioether (sulfide) groups is 1. The molecule has 1 rings (SSSR count). The summed E-state index contributed by atoms with van der Waals surface area (Å²) in [6.07, 6.45) is 4.02. The summed E-state index contributed by atoms with van der Waals surface area (Å²) in [5.74, 6) is 2.20. The lowest BCUT2D eigenvalue weighted by atomic mass is 10.4. The van der Waals surface area contributed by atoms with E-state index in [0.717, 1.165) is 24.6 Å². The molecule has 78 valence electrons. The molecular weight excluding hydrogens is 192 g/mol. The highest BCUT2D eigenvalue weighted by atomic mass is 32.2. The van der Waals surface area contributed by atoms with E-state index in [1.807, 2.05) is 17.8 Å². The van der Waals surface area contributed by atoms with Crippen LogP contribution in [0.25, 0.3) is 0 Å². The van der Waals surface area contributed by atoms with Crippen LogP contribution in [-0.4, -0.2) is 22.6 Å². The molecule has 0 spiro atoms. The number of rotatable bonds is 7. The van der Waals surface area contributed by atoms with Gasteiger partial charge in [0.15, 0.2) is 0 Å². The molecule has 0 atom stereocenters. The second-order valence-corrected chi connectivity index (χ2v) is 4.30. The summed E-state index contributed by atoms with van der Waals surface area (Å²) in [7, 11) is 2.07. The Kier molecular flexibility index (Phi) is 5.49. The maximum Gasteiger partial charge on any atom is 0.0359 e. The normalized spacial score (nSPS) is 10.4. The topological polar surface area (TPSA) is 17.0 Å². The maximum absolute atomic E-state index is 3.69. The summed E-state index contributed by atoms with van der Waals surface area (Å²) in [5, 5.41) is 3.41. The summed E-state index contributed by atoms with van der Waals surface area (Å²) in [6, 6.07) is 4.22. The molecular formula is C11H18N2S. The lowest BCUT2D eigenvalue weighted by Gasteiger charge is -2.05. The van der Waals surface area contributed by atoms with Gasteiger partial charge in [0.05, 0.1) is 0 Å². The van der Waals surface area contributed by atoms with E-state index in [9.17, 15) is 0 Å². The van der Waals surface area contributed by atoms with E-state index in [1.54, 1.807) is 0 Å². The zero-order chi connectivity index (χ0) is 10.2. The molecule has 1 aromatic rings. The van der Waals surface area contributed by atoms with E-state index in [0.29, 0.717) is 0 Å². The fraction of sp³-hybridized carbons (Fsp3) is 0.455. The molecule has 0 saturated heterocycles. The zero-order valence-corrected chi connectivity index (χ0v) is 9.52. The van der Waals surface area contributed by atoms with Crippen molar-refractivity contribution in [3.8, 4) is 0 Å². The minimum absolute atomic E-state index is 0.956. The quantitative estimate of drug-likeness (QED) is 0.548. The van der Waals surface area contributed by atoms with E-state index in [4.69, 9.17) is 0 Å². The average molecular weight is 210 g/mol. The van der Waals surface area contributed by atoms with Crippen LogP contribution >= 0.6 is 11.8 Å². The molecule has 0 aliphatic carbocycles. The summed E-state index contributed by atoms with van der Waals surface area (Å²) < 4.78 is 2.14. The molecule has 0 fully saturated rings. The molecule has 0 aromatic carbocycles. The minimum Gasteiger partial charge on any atom is -0.353 e. The van der Waals surface area contributed by atoms with Gasteiger partial charge >= 0.3 is 0 Å². The molecule has 0 bridgehead atoms. The van der Waals surface area contributed by atoms with Crippen molar-refractivity contribution in [2.24, 2.45) is 7.05 Å². The van der Waals surface area contributed by atoms with Gasteiger partial charge in [0.25, 0.3) is 0 Å². The van der Waals surface area contributed by atoms with Gasteiger partial charge in [0.2, 0.25) is 0 Å². The Bertz CT molecular complexity index is 268. The molecule has 1 heterocycles. The first-order chi connectivity index (χ1) is 6.84. The van der Waals surface area contributed by atoms with Gasteiger partial charge in [-0.3, -0.25) is 0 Å². The summed E-state index contributed by atoms with van der Waals surface area (Å²) in [4.78, 5) is 0. The number of aryl methyl sites for hydroxylation is 1. The number of aromatic nitrogens is 1. The third-order valence-electron chi connectivity index (χ3n) is 2.02. The van der Waals surface area contributed by atoms with E-state index >= 15 is 0 Å². The number of nitrogens with one attached hydrogen (secondary N) is 1. The fourth-order valence-electron chi connectivity index (χ4n) is 1.21. The van der Waals surface area contributed by atoms with E-state index in [2.05, 4.69) is 41.8 Å². The second-order valence-electron chi connectivity index (χ2n) is 3.15. The average Bonchev–Trinajstić information content (AvgIpc) is 2.58. The van der Waals surface area contributed by atoms with Crippen molar-refractivity contribution < 1.29 is 0 Å². The predicted octanol–water partition coefficient (Wildman–Crippen LogP) is 2.03. The van der Waals surface area contributed by atoms with Crippen LogP contribution in [0.1, 0.15) is 5.69 Å². The Morgan fingerprint density at radius 2 is 2.50 bits per heavy atom. The van der Waals surface area contributed by atoms with Gasteiger partial charge in [-0.1, -0.05) is 6.08 Å². The van der Waals surface area contributed by atoms with Crippen LogP contribution in [0.15, 0.2) is 31.0 Å². The number of nitrogens with zero attached hydrogens (tertiary/aromatic N) is 1. The van der Waals surface area contributed by atoms with Gasteiger partial charge in [-0.05, 0) is 12.1 Å². The molecule has 0 aliphatic rings. The summed E-state index contributed by atoms with van der Waals surface area (Å²) in [5.41, 5.74) is 1.33. The van der Waals surface area contributed by atoms with Crippen molar-refractivity contribution in [1.29, 1.82) is 0 Å². The van der Waals surface area contributed by atoms with Crippen molar-refractivity contribution in [3.63, 3.8) is 0 Å². The molecule has 0 unspecified atom stereocenters. The Morgan fingerprint density at radius 1 is 1.64 bits per heavy atom. The van der Waals surface area contributed by atoms with Gasteiger partial charge in [-0.2, -0.15) is 11.8 Å². The lowest BCUT2D eigenvalue weighted by molar-refractivity contribution is 0.684. The van der Waals surface area contributed by atoms with Crippen LogP contribution in [0.4, 0.5) is 0 Å². The molecule has 0 amide bonds. The molecule has 2 nitrogen and oxygen atoms in total. The lowest BCUT2D eigenvalue weighted by Crippen LogP contribution is -2.18. The van der Waals surface area contributed by atoms with Crippen molar-refractivity contribution >= 4 is 11.8 Å². The van der Waals surface area contributed by atoms with Crippen LogP contribution in [0.3, 0.4) is 0 Å². The predicted molar refractivity (Wildman–Crippen MR) is 64.6 cm³/mol. The largest absolute Gasteiger partial charge is 0.353 e. The van der Waals surface area contributed by atoms with Crippen molar-refractivity contribution in [1.82, 2.24) is 9.88 Å². The Morgan fingerprint density at radius 3 is 3.14 bits per heavy atom. The van der Waals surface area contributed by atoms with E-state index < -0.39 is 0 Å².